The van der Waals surface area contributed by atoms with Gasteiger partial charge in [0.1, 0.15) is 0 Å². The molecule has 0 aliphatic heterocycles. The van der Waals surface area contributed by atoms with Crippen molar-refractivity contribution in [1.82, 2.24) is 0 Å². The second kappa shape index (κ2) is 3.39. The Morgan fingerprint density at radius 2 is 2.00 bits per heavy atom. The molecule has 0 aromatic heterocycles. The molecule has 4 heteroatoms. The fraction of sp³-hybridized carbons (Fsp3) is 0. The van der Waals surface area contributed by atoms with Gasteiger partial charge in [-0.05, 0) is 24.3 Å². The standard InChI is InChI=1S/C8H6N2O2/c9-5-10-7-3-1-6(2-4-7)8(11)12/h1-4,10H,(H,11,12). The Labute approximate surface area is 69.1 Å². The number of hydrogen-bond donors (Lipinski definition) is 2. The SMILES string of the molecule is N#CNc1ccc(C(=O)O)cc1. The average molecular weight is 162 g/mol. The number of carboxylic acids is 1. The first kappa shape index (κ1) is 8.08. The molecular weight excluding hydrogens is 156 g/mol. The second-order valence-electron chi connectivity index (χ2n) is 2.12. The minimum Gasteiger partial charge on any atom is -0.478 e. The van der Waals surface area contributed by atoms with E-state index in [2.05, 4.69) is 5.32 Å². The van der Waals surface area contributed by atoms with E-state index in [-0.39, 0.29) is 5.56 Å². The van der Waals surface area contributed by atoms with Gasteiger partial charge in [0.2, 0.25) is 0 Å². The van der Waals surface area contributed by atoms with E-state index >= 15 is 0 Å². The largest absolute Gasteiger partial charge is 0.478 e. The van der Waals surface area contributed by atoms with Crippen molar-refractivity contribution in [2.75, 3.05) is 5.32 Å². The van der Waals surface area contributed by atoms with Crippen LogP contribution in [0.4, 0.5) is 5.69 Å². The lowest BCUT2D eigenvalue weighted by molar-refractivity contribution is 0.0697. The summed E-state index contributed by atoms with van der Waals surface area (Å²) in [5.41, 5.74) is 0.793. The Hall–Kier alpha value is -2.02. The van der Waals surface area contributed by atoms with Crippen molar-refractivity contribution in [3.8, 4) is 6.19 Å². The van der Waals surface area contributed by atoms with Crippen molar-refractivity contribution in [2.45, 2.75) is 0 Å². The fourth-order valence-electron chi connectivity index (χ4n) is 0.761. The van der Waals surface area contributed by atoms with Gasteiger partial charge in [-0.1, -0.05) is 0 Å². The Kier molecular flexibility index (Phi) is 2.29. The van der Waals surface area contributed by atoms with E-state index in [1.807, 2.05) is 0 Å². The van der Waals surface area contributed by atoms with Gasteiger partial charge in [0.05, 0.1) is 5.56 Å². The molecule has 0 aliphatic rings. The van der Waals surface area contributed by atoms with E-state index in [4.69, 9.17) is 10.4 Å². The molecule has 0 fully saturated rings. The quantitative estimate of drug-likeness (QED) is 0.507. The second-order valence-corrected chi connectivity index (χ2v) is 2.12. The minimum atomic E-state index is -0.974. The summed E-state index contributed by atoms with van der Waals surface area (Å²) in [6.07, 6.45) is 1.74. The summed E-state index contributed by atoms with van der Waals surface area (Å²) in [7, 11) is 0. The number of carboxylic acid groups (broad SMARTS) is 1. The Morgan fingerprint density at radius 3 is 2.42 bits per heavy atom. The molecule has 60 valence electrons. The summed E-state index contributed by atoms with van der Waals surface area (Å²) < 4.78 is 0. The summed E-state index contributed by atoms with van der Waals surface area (Å²) in [5, 5.41) is 19.1. The summed E-state index contributed by atoms with van der Waals surface area (Å²) in [6, 6.07) is 5.93. The van der Waals surface area contributed by atoms with E-state index in [1.54, 1.807) is 6.19 Å². The third kappa shape index (κ3) is 1.73. The lowest BCUT2D eigenvalue weighted by atomic mass is 10.2. The van der Waals surface area contributed by atoms with Crippen molar-refractivity contribution < 1.29 is 9.90 Å². The number of anilines is 1. The monoisotopic (exact) mass is 162 g/mol. The number of nitrogens with one attached hydrogen (secondary N) is 1. The van der Waals surface area contributed by atoms with Crippen LogP contribution < -0.4 is 5.32 Å². The maximum Gasteiger partial charge on any atom is 0.335 e. The number of nitrogens with zero attached hydrogens (tertiary/aromatic N) is 1. The molecule has 0 amide bonds. The third-order valence-electron chi connectivity index (χ3n) is 1.33. The predicted octanol–water partition coefficient (Wildman–Crippen LogP) is 1.28. The van der Waals surface area contributed by atoms with Crippen LogP contribution in [0.25, 0.3) is 0 Å². The van der Waals surface area contributed by atoms with Crippen LogP contribution in [0, 0.1) is 11.5 Å². The first-order valence-electron chi connectivity index (χ1n) is 3.22. The fourth-order valence-corrected chi connectivity index (χ4v) is 0.761. The highest BCUT2D eigenvalue weighted by Crippen LogP contribution is 2.08. The summed E-state index contributed by atoms with van der Waals surface area (Å²) in [6.45, 7) is 0. The number of aromatic carboxylic acids is 1. The Balaban J connectivity index is 2.87. The van der Waals surface area contributed by atoms with Crippen LogP contribution >= 0.6 is 0 Å². The highest BCUT2D eigenvalue weighted by Gasteiger charge is 2.00. The molecule has 2 N–H and O–H groups in total. The average Bonchev–Trinajstić information content (AvgIpc) is 2.06. The van der Waals surface area contributed by atoms with Gasteiger partial charge in [-0.15, -0.1) is 0 Å². The van der Waals surface area contributed by atoms with Crippen LogP contribution in [0.15, 0.2) is 24.3 Å². The molecule has 0 radical (unpaired) electrons. The lowest BCUT2D eigenvalue weighted by Crippen LogP contribution is -1.95. The smallest absolute Gasteiger partial charge is 0.335 e. The summed E-state index contributed by atoms with van der Waals surface area (Å²) in [4.78, 5) is 10.4. The molecule has 0 spiro atoms. The molecule has 1 rings (SSSR count). The van der Waals surface area contributed by atoms with Gasteiger partial charge in [-0.25, -0.2) is 4.79 Å². The van der Waals surface area contributed by atoms with Gasteiger partial charge in [-0.2, -0.15) is 5.26 Å². The highest BCUT2D eigenvalue weighted by atomic mass is 16.4. The maximum atomic E-state index is 10.4. The third-order valence-corrected chi connectivity index (χ3v) is 1.33. The number of rotatable bonds is 2. The number of nitriles is 1. The minimum absolute atomic E-state index is 0.207. The molecule has 1 aromatic carbocycles. The molecule has 4 nitrogen and oxygen atoms in total. The molecule has 1 aromatic rings. The normalized spacial score (nSPS) is 8.58. The van der Waals surface area contributed by atoms with E-state index < -0.39 is 5.97 Å². The van der Waals surface area contributed by atoms with Crippen LogP contribution in [-0.2, 0) is 0 Å². The maximum absolute atomic E-state index is 10.4. The van der Waals surface area contributed by atoms with Crippen LogP contribution in [0.5, 0.6) is 0 Å². The highest BCUT2D eigenvalue weighted by molar-refractivity contribution is 5.88. The van der Waals surface area contributed by atoms with Crippen molar-refractivity contribution in [3.63, 3.8) is 0 Å². The molecule has 0 unspecified atom stereocenters. The van der Waals surface area contributed by atoms with Crippen molar-refractivity contribution in [1.29, 1.82) is 5.26 Å². The Bertz CT molecular complexity index is 324. The van der Waals surface area contributed by atoms with Crippen LogP contribution in [0.2, 0.25) is 0 Å². The van der Waals surface area contributed by atoms with Gasteiger partial charge >= 0.3 is 5.97 Å². The first-order chi connectivity index (χ1) is 5.74. The number of carbonyl (C=O) groups is 1. The van der Waals surface area contributed by atoms with Crippen molar-refractivity contribution >= 4 is 11.7 Å². The summed E-state index contributed by atoms with van der Waals surface area (Å²) in [5.74, 6) is -0.974. The van der Waals surface area contributed by atoms with Crippen LogP contribution in [-0.4, -0.2) is 11.1 Å². The van der Waals surface area contributed by atoms with E-state index in [9.17, 15) is 4.79 Å². The topological polar surface area (TPSA) is 73.1 Å². The van der Waals surface area contributed by atoms with Gasteiger partial charge < -0.3 is 5.11 Å². The molecule has 0 atom stereocenters. The molecule has 0 bridgehead atoms. The molecule has 0 saturated carbocycles. The van der Waals surface area contributed by atoms with Gasteiger partial charge in [0, 0.05) is 5.69 Å². The zero-order valence-corrected chi connectivity index (χ0v) is 6.11. The first-order valence-corrected chi connectivity index (χ1v) is 3.22. The molecule has 12 heavy (non-hydrogen) atoms. The van der Waals surface area contributed by atoms with E-state index in [0.29, 0.717) is 5.69 Å². The van der Waals surface area contributed by atoms with Gasteiger partial charge in [0.25, 0.3) is 0 Å². The van der Waals surface area contributed by atoms with E-state index in [0.717, 1.165) is 0 Å². The van der Waals surface area contributed by atoms with Gasteiger partial charge in [0.15, 0.2) is 6.19 Å². The van der Waals surface area contributed by atoms with Gasteiger partial charge in [-0.3, -0.25) is 5.32 Å². The zero-order chi connectivity index (χ0) is 8.97. The number of benzene rings is 1. The van der Waals surface area contributed by atoms with Crippen molar-refractivity contribution in [2.24, 2.45) is 0 Å². The molecule has 0 aliphatic carbocycles. The van der Waals surface area contributed by atoms with Crippen LogP contribution in [0.3, 0.4) is 0 Å². The van der Waals surface area contributed by atoms with Crippen molar-refractivity contribution in [3.05, 3.63) is 29.8 Å². The number of hydrogen-bond acceptors (Lipinski definition) is 3. The summed E-state index contributed by atoms with van der Waals surface area (Å²) >= 11 is 0. The van der Waals surface area contributed by atoms with E-state index in [1.165, 1.54) is 24.3 Å². The molecular formula is C8H6N2O2. The predicted molar refractivity (Wildman–Crippen MR) is 42.6 cm³/mol. The lowest BCUT2D eigenvalue weighted by Gasteiger charge is -1.96. The molecule has 0 saturated heterocycles. The zero-order valence-electron chi connectivity index (χ0n) is 6.11. The molecule has 0 heterocycles. The Morgan fingerprint density at radius 1 is 1.42 bits per heavy atom. The van der Waals surface area contributed by atoms with Crippen LogP contribution in [0.1, 0.15) is 10.4 Å².